The van der Waals surface area contributed by atoms with E-state index in [4.69, 9.17) is 30.6 Å². The Morgan fingerprint density at radius 2 is 1.11 bits per heavy atom. The standard InChI is InChI=1S/C21H19N3O2.C15H11N3.2NO3.Pt/c1-23(2)18-7-6-17-19-15(18)4-3-5-16(19)20(25)24(21(17)26)13-10-14-8-11-22-12-9-14;1-3-10-16-12(6-1)14-8-5-9-15(18-14)13-7-2-4-11-17-13;2*2-1(3)4;/h3-9,11-12H,10,13H2,1-2H3;1-11H;;;/q;;2*-1;+2. The van der Waals surface area contributed by atoms with Gasteiger partial charge in [0.1, 0.15) is 0 Å². The van der Waals surface area contributed by atoms with Gasteiger partial charge in [-0.05, 0) is 78.7 Å². The van der Waals surface area contributed by atoms with E-state index in [0.717, 1.165) is 44.8 Å². The van der Waals surface area contributed by atoms with Crippen LogP contribution in [0.25, 0.3) is 33.5 Å². The Balaban J connectivity index is 0.000000243. The minimum Gasteiger partial charge on any atom is -0.377 e. The zero-order valence-corrected chi connectivity index (χ0v) is 30.4. The van der Waals surface area contributed by atoms with Crippen LogP contribution in [0.1, 0.15) is 26.3 Å². The number of carbonyl (C=O) groups is 2. The molecule has 272 valence electrons. The molecule has 5 heterocycles. The number of hydrogen-bond acceptors (Lipinski definition) is 13. The molecule has 53 heavy (non-hydrogen) atoms. The van der Waals surface area contributed by atoms with E-state index < -0.39 is 10.2 Å². The van der Waals surface area contributed by atoms with E-state index in [1.807, 2.05) is 110 Å². The zero-order valence-electron chi connectivity index (χ0n) is 28.1. The summed E-state index contributed by atoms with van der Waals surface area (Å²) in [6.07, 6.45) is 7.58. The fraction of sp³-hybridized carbons (Fsp3) is 0.111. The Hall–Kier alpha value is -6.67. The smallest absolute Gasteiger partial charge is 0.377 e. The average Bonchev–Trinajstić information content (AvgIpc) is 3.14. The molecule has 17 heteroatoms. The molecule has 0 bridgehead atoms. The van der Waals surface area contributed by atoms with Crippen LogP contribution in [-0.4, -0.2) is 67.5 Å². The number of carbonyl (C=O) groups excluding carboxylic acids is 2. The van der Waals surface area contributed by atoms with Gasteiger partial charge in [0.15, 0.2) is 0 Å². The molecule has 0 N–H and O–H groups in total. The first-order chi connectivity index (χ1) is 25.0. The number of anilines is 1. The summed E-state index contributed by atoms with van der Waals surface area (Å²) in [5, 5.41) is 31.2. The summed E-state index contributed by atoms with van der Waals surface area (Å²) >= 11 is 0. The topological polar surface area (TPSA) is 225 Å². The van der Waals surface area contributed by atoms with Gasteiger partial charge in [-0.1, -0.05) is 30.3 Å². The molecule has 0 unspecified atom stereocenters. The molecule has 6 aromatic rings. The summed E-state index contributed by atoms with van der Waals surface area (Å²) < 4.78 is 0. The molecule has 0 saturated carbocycles. The maximum absolute atomic E-state index is 13.0. The number of rotatable bonds is 6. The number of nitrogens with zero attached hydrogens (tertiary/aromatic N) is 8. The molecule has 4 aromatic heterocycles. The van der Waals surface area contributed by atoms with E-state index >= 15 is 0 Å². The molecule has 1 aliphatic rings. The first-order valence-electron chi connectivity index (χ1n) is 15.4. The van der Waals surface area contributed by atoms with Crippen molar-refractivity contribution in [3.63, 3.8) is 0 Å². The van der Waals surface area contributed by atoms with Gasteiger partial charge in [0.2, 0.25) is 0 Å². The van der Waals surface area contributed by atoms with Gasteiger partial charge < -0.3 is 35.5 Å². The van der Waals surface area contributed by atoms with E-state index in [9.17, 15) is 9.59 Å². The number of amides is 2. The molecule has 0 aliphatic carbocycles. The van der Waals surface area contributed by atoms with Crippen LogP contribution in [-0.2, 0) is 27.5 Å². The summed E-state index contributed by atoms with van der Waals surface area (Å²) in [5.74, 6) is -0.448. The van der Waals surface area contributed by atoms with Crippen molar-refractivity contribution in [1.29, 1.82) is 0 Å². The van der Waals surface area contributed by atoms with E-state index in [-0.39, 0.29) is 32.9 Å². The predicted octanol–water partition coefficient (Wildman–Crippen LogP) is 5.86. The van der Waals surface area contributed by atoms with E-state index in [2.05, 4.69) is 19.9 Å². The maximum atomic E-state index is 13.0. The van der Waals surface area contributed by atoms with Crippen molar-refractivity contribution in [3.8, 4) is 22.8 Å². The molecule has 0 saturated heterocycles. The van der Waals surface area contributed by atoms with Gasteiger partial charge in [-0.15, -0.1) is 0 Å². The third-order valence-electron chi connectivity index (χ3n) is 7.43. The number of pyridine rings is 4. The first-order valence-corrected chi connectivity index (χ1v) is 15.4. The van der Waals surface area contributed by atoms with Crippen molar-refractivity contribution in [1.82, 2.24) is 24.8 Å². The molecule has 0 fully saturated rings. The molecule has 0 atom stereocenters. The van der Waals surface area contributed by atoms with E-state index in [1.54, 1.807) is 30.9 Å². The Labute approximate surface area is 316 Å². The van der Waals surface area contributed by atoms with E-state index in [1.165, 1.54) is 4.90 Å². The summed E-state index contributed by atoms with van der Waals surface area (Å²) in [4.78, 5) is 63.0. The molecule has 0 spiro atoms. The maximum Gasteiger partial charge on any atom is 2.00 e. The van der Waals surface area contributed by atoms with Crippen molar-refractivity contribution >= 4 is 28.3 Å². The Morgan fingerprint density at radius 1 is 0.623 bits per heavy atom. The van der Waals surface area contributed by atoms with Crippen molar-refractivity contribution in [3.05, 3.63) is 169 Å². The van der Waals surface area contributed by atoms with Crippen molar-refractivity contribution in [2.45, 2.75) is 6.42 Å². The second-order valence-electron chi connectivity index (χ2n) is 10.9. The van der Waals surface area contributed by atoms with Crippen LogP contribution in [0.2, 0.25) is 0 Å². The second kappa shape index (κ2) is 19.6. The number of aromatic nitrogens is 4. The predicted molar refractivity (Wildman–Crippen MR) is 193 cm³/mol. The van der Waals surface area contributed by atoms with Gasteiger partial charge in [0.05, 0.1) is 32.9 Å². The fourth-order valence-corrected chi connectivity index (χ4v) is 5.26. The van der Waals surface area contributed by atoms with Crippen molar-refractivity contribution < 1.29 is 40.8 Å². The summed E-state index contributed by atoms with van der Waals surface area (Å²) in [6, 6.07) is 30.7. The fourth-order valence-electron chi connectivity index (χ4n) is 5.26. The summed E-state index contributed by atoms with van der Waals surface area (Å²) in [6.45, 7) is 0.354. The summed E-state index contributed by atoms with van der Waals surface area (Å²) in [7, 11) is 3.91. The Kier molecular flexibility index (Phi) is 15.1. The molecule has 1 aliphatic heterocycles. The average molecular weight is 898 g/mol. The van der Waals surface area contributed by atoms with Crippen LogP contribution in [0.4, 0.5) is 5.69 Å². The van der Waals surface area contributed by atoms with Crippen LogP contribution in [0, 0.1) is 30.6 Å². The third-order valence-corrected chi connectivity index (χ3v) is 7.43. The van der Waals surface area contributed by atoms with Gasteiger partial charge in [0.25, 0.3) is 11.8 Å². The van der Waals surface area contributed by atoms with Crippen LogP contribution in [0.15, 0.2) is 122 Å². The monoisotopic (exact) mass is 897 g/mol. The normalized spacial score (nSPS) is 10.9. The number of hydrogen-bond donors (Lipinski definition) is 0. The van der Waals surface area contributed by atoms with Crippen LogP contribution >= 0.6 is 0 Å². The largest absolute Gasteiger partial charge is 2.00 e. The minimum absolute atomic E-state index is 0. The van der Waals surface area contributed by atoms with Crippen molar-refractivity contribution in [2.75, 3.05) is 25.5 Å². The van der Waals surface area contributed by atoms with Crippen LogP contribution in [0.5, 0.6) is 0 Å². The number of benzene rings is 2. The first kappa shape index (κ1) is 40.8. The van der Waals surface area contributed by atoms with Gasteiger partial charge in [0, 0.05) is 73.0 Å². The van der Waals surface area contributed by atoms with Crippen LogP contribution < -0.4 is 4.90 Å². The van der Waals surface area contributed by atoms with E-state index in [0.29, 0.717) is 24.1 Å². The second-order valence-corrected chi connectivity index (χ2v) is 10.9. The molecule has 2 aromatic carbocycles. The van der Waals surface area contributed by atoms with Gasteiger partial charge in [-0.25, -0.2) is 4.98 Å². The molecule has 2 amide bonds. The third kappa shape index (κ3) is 11.2. The molecule has 7 rings (SSSR count). The molecule has 16 nitrogen and oxygen atoms in total. The van der Waals surface area contributed by atoms with Gasteiger partial charge >= 0.3 is 21.1 Å². The summed E-state index contributed by atoms with van der Waals surface area (Å²) in [5.41, 5.74) is 6.69. The van der Waals surface area contributed by atoms with Gasteiger partial charge in [-0.2, -0.15) is 0 Å². The Bertz CT molecular complexity index is 2070. The SMILES string of the molecule is CN(C)c1ccc2c3c(cccc13)C(=O)N(CCc1ccncc1)C2=O.O=[N+]([O-])[O-].O=[N+]([O-])[O-].[Pt+2].c1ccc(-c2cccc(-c3ccccn3)n2)nc1. The van der Waals surface area contributed by atoms with Crippen LogP contribution in [0.3, 0.4) is 0 Å². The molecule has 0 radical (unpaired) electrons. The quantitative estimate of drug-likeness (QED) is 0.109. The zero-order chi connectivity index (χ0) is 37.6. The Morgan fingerprint density at radius 3 is 1.60 bits per heavy atom. The molecular weight excluding hydrogens is 868 g/mol. The number of imide groups is 1. The van der Waals surface area contributed by atoms with Crippen molar-refractivity contribution in [2.24, 2.45) is 0 Å². The molecular formula is C36H30N8O8Pt. The van der Waals surface area contributed by atoms with Gasteiger partial charge in [-0.3, -0.25) is 29.4 Å². The minimum atomic E-state index is -1.75.